The molecule has 1 saturated heterocycles. The van der Waals surface area contributed by atoms with Crippen LogP contribution in [-0.2, 0) is 4.79 Å². The Morgan fingerprint density at radius 2 is 1.75 bits per heavy atom. The number of hydrogen-bond donors (Lipinski definition) is 1. The largest absolute Gasteiger partial charge is 0.346 e. The summed E-state index contributed by atoms with van der Waals surface area (Å²) in [5, 5.41) is 8.32. The average Bonchev–Trinajstić information content (AvgIpc) is 3.13. The van der Waals surface area contributed by atoms with E-state index in [4.69, 9.17) is 12.2 Å². The van der Waals surface area contributed by atoms with E-state index in [1.54, 1.807) is 4.90 Å². The summed E-state index contributed by atoms with van der Waals surface area (Å²) in [5.74, 6) is -0.0717. The van der Waals surface area contributed by atoms with Gasteiger partial charge in [0.05, 0.1) is 17.1 Å². The monoisotopic (exact) mass is 390 g/mol. The van der Waals surface area contributed by atoms with E-state index in [2.05, 4.69) is 10.4 Å². The first kappa shape index (κ1) is 18.4. The molecule has 0 radical (unpaired) electrons. The molecule has 1 aromatic heterocycles. The van der Waals surface area contributed by atoms with Gasteiger partial charge in [-0.05, 0) is 69.2 Å². The van der Waals surface area contributed by atoms with Crippen LogP contribution >= 0.6 is 12.2 Å². The Labute approximate surface area is 170 Å². The summed E-state index contributed by atoms with van der Waals surface area (Å²) in [6.45, 7) is 7.92. The van der Waals surface area contributed by atoms with Crippen LogP contribution in [0.4, 0.5) is 5.69 Å². The lowest BCUT2D eigenvalue weighted by Gasteiger charge is -2.18. The van der Waals surface area contributed by atoms with Crippen LogP contribution in [0.2, 0.25) is 0 Å². The van der Waals surface area contributed by atoms with E-state index < -0.39 is 6.04 Å². The van der Waals surface area contributed by atoms with Crippen LogP contribution < -0.4 is 10.2 Å². The van der Waals surface area contributed by atoms with E-state index in [0.717, 1.165) is 39.5 Å². The number of para-hydroxylation sites is 1. The number of amides is 1. The van der Waals surface area contributed by atoms with Crippen molar-refractivity contribution >= 4 is 28.9 Å². The summed E-state index contributed by atoms with van der Waals surface area (Å²) in [6.07, 6.45) is 0. The van der Waals surface area contributed by atoms with Gasteiger partial charge < -0.3 is 5.32 Å². The first-order valence-electron chi connectivity index (χ1n) is 9.21. The van der Waals surface area contributed by atoms with Gasteiger partial charge in [0.25, 0.3) is 5.91 Å². The lowest BCUT2D eigenvalue weighted by atomic mass is 10.0. The highest BCUT2D eigenvalue weighted by Crippen LogP contribution is 2.33. The highest BCUT2D eigenvalue weighted by Gasteiger charge is 2.40. The zero-order valence-electron chi connectivity index (χ0n) is 16.4. The number of carbonyl (C=O) groups excluding carboxylic acids is 1. The second-order valence-electron chi connectivity index (χ2n) is 7.18. The van der Waals surface area contributed by atoms with E-state index in [9.17, 15) is 4.79 Å². The highest BCUT2D eigenvalue weighted by molar-refractivity contribution is 7.80. The number of nitrogens with zero attached hydrogens (tertiary/aromatic N) is 3. The van der Waals surface area contributed by atoms with Crippen LogP contribution in [0.3, 0.4) is 0 Å². The third-order valence-electron chi connectivity index (χ3n) is 5.18. The number of hydrogen-bond acceptors (Lipinski definition) is 3. The van der Waals surface area contributed by atoms with E-state index >= 15 is 0 Å². The molecule has 0 bridgehead atoms. The molecular weight excluding hydrogens is 368 g/mol. The second kappa shape index (κ2) is 6.87. The van der Waals surface area contributed by atoms with Crippen LogP contribution in [0.15, 0.2) is 48.5 Å². The van der Waals surface area contributed by atoms with Gasteiger partial charge in [-0.15, -0.1) is 0 Å². The molecule has 28 heavy (non-hydrogen) atoms. The topological polar surface area (TPSA) is 50.2 Å². The minimum absolute atomic E-state index is 0.0717. The van der Waals surface area contributed by atoms with Gasteiger partial charge >= 0.3 is 0 Å². The Bertz CT molecular complexity index is 1090. The summed E-state index contributed by atoms with van der Waals surface area (Å²) in [7, 11) is 0. The number of aryl methyl sites for hydroxylation is 3. The molecule has 2 heterocycles. The summed E-state index contributed by atoms with van der Waals surface area (Å²) >= 11 is 5.53. The molecule has 6 heteroatoms. The third kappa shape index (κ3) is 2.90. The first-order chi connectivity index (χ1) is 13.4. The highest BCUT2D eigenvalue weighted by atomic mass is 32.1. The standard InChI is InChI=1S/C22H22N4OS/c1-13-10-11-14(2)18(12-13)25-21(27)20(23-22(25)28)19-15(3)24-26(16(19)4)17-8-6-5-7-9-17/h5-12,20H,1-4H3,(H,23,28)/t20-/m1/s1. The molecule has 0 unspecified atom stereocenters. The maximum atomic E-state index is 13.4. The molecule has 4 rings (SSSR count). The van der Waals surface area contributed by atoms with Crippen LogP contribution in [-0.4, -0.2) is 20.8 Å². The number of anilines is 1. The van der Waals surface area contributed by atoms with E-state index in [-0.39, 0.29) is 5.91 Å². The van der Waals surface area contributed by atoms with Crippen LogP contribution in [0, 0.1) is 27.7 Å². The number of thiocarbonyl (C=S) groups is 1. The van der Waals surface area contributed by atoms with Gasteiger partial charge in [0.1, 0.15) is 6.04 Å². The molecule has 2 aromatic carbocycles. The van der Waals surface area contributed by atoms with Crippen molar-refractivity contribution in [3.05, 3.63) is 76.6 Å². The fraction of sp³-hybridized carbons (Fsp3) is 0.227. The number of rotatable bonds is 3. The molecule has 1 fully saturated rings. The first-order valence-corrected chi connectivity index (χ1v) is 9.62. The zero-order valence-corrected chi connectivity index (χ0v) is 17.2. The van der Waals surface area contributed by atoms with Gasteiger partial charge in [-0.2, -0.15) is 5.10 Å². The molecule has 0 spiro atoms. The van der Waals surface area contributed by atoms with Crippen LogP contribution in [0.1, 0.15) is 34.1 Å². The maximum Gasteiger partial charge on any atom is 0.260 e. The van der Waals surface area contributed by atoms with Gasteiger partial charge in [-0.25, -0.2) is 4.68 Å². The second-order valence-corrected chi connectivity index (χ2v) is 7.56. The molecule has 1 N–H and O–H groups in total. The van der Waals surface area contributed by atoms with Gasteiger partial charge in [0.2, 0.25) is 0 Å². The molecule has 142 valence electrons. The van der Waals surface area contributed by atoms with Crippen molar-refractivity contribution in [2.24, 2.45) is 0 Å². The van der Waals surface area contributed by atoms with Gasteiger partial charge in [-0.1, -0.05) is 30.3 Å². The average molecular weight is 391 g/mol. The predicted molar refractivity (Wildman–Crippen MR) is 115 cm³/mol. The Kier molecular flexibility index (Phi) is 4.51. The molecule has 1 atom stereocenters. The number of aromatic nitrogens is 2. The van der Waals surface area contributed by atoms with Gasteiger partial charge in [0, 0.05) is 11.3 Å². The fourth-order valence-corrected chi connectivity index (χ4v) is 4.06. The summed E-state index contributed by atoms with van der Waals surface area (Å²) < 4.78 is 1.88. The van der Waals surface area contributed by atoms with E-state index in [1.165, 1.54) is 0 Å². The normalized spacial score (nSPS) is 16.6. The summed E-state index contributed by atoms with van der Waals surface area (Å²) in [4.78, 5) is 15.0. The van der Waals surface area contributed by atoms with Crippen molar-refractivity contribution in [1.29, 1.82) is 0 Å². The number of nitrogens with one attached hydrogen (secondary N) is 1. The third-order valence-corrected chi connectivity index (χ3v) is 5.48. The van der Waals surface area contributed by atoms with E-state index in [0.29, 0.717) is 5.11 Å². The molecule has 3 aromatic rings. The molecule has 1 aliphatic heterocycles. The zero-order chi connectivity index (χ0) is 20.0. The van der Waals surface area contributed by atoms with Crippen molar-refractivity contribution in [2.45, 2.75) is 33.7 Å². The predicted octanol–water partition coefficient (Wildman–Crippen LogP) is 4.07. The number of benzene rings is 2. The maximum absolute atomic E-state index is 13.4. The molecule has 0 saturated carbocycles. The molecule has 1 amide bonds. The molecular formula is C22H22N4OS. The molecule has 5 nitrogen and oxygen atoms in total. The van der Waals surface area contributed by atoms with Crippen molar-refractivity contribution in [2.75, 3.05) is 4.90 Å². The fourth-order valence-electron chi connectivity index (χ4n) is 3.76. The SMILES string of the molecule is Cc1ccc(C)c(N2C(=O)[C@@H](c3c(C)nn(-c4ccccc4)c3C)NC2=S)c1. The van der Waals surface area contributed by atoms with Crippen LogP contribution in [0.25, 0.3) is 5.69 Å². The smallest absolute Gasteiger partial charge is 0.260 e. The van der Waals surface area contributed by atoms with Crippen molar-refractivity contribution < 1.29 is 4.79 Å². The van der Waals surface area contributed by atoms with Gasteiger partial charge in [-0.3, -0.25) is 9.69 Å². The lowest BCUT2D eigenvalue weighted by molar-refractivity contribution is -0.118. The minimum atomic E-state index is -0.537. The summed E-state index contributed by atoms with van der Waals surface area (Å²) in [6, 6.07) is 15.4. The Hall–Kier alpha value is -2.99. The lowest BCUT2D eigenvalue weighted by Crippen LogP contribution is -2.31. The number of carbonyl (C=O) groups is 1. The Balaban J connectivity index is 1.76. The Morgan fingerprint density at radius 1 is 1.04 bits per heavy atom. The molecule has 0 aliphatic carbocycles. The van der Waals surface area contributed by atoms with Crippen molar-refractivity contribution in [1.82, 2.24) is 15.1 Å². The van der Waals surface area contributed by atoms with E-state index in [1.807, 2.05) is 80.9 Å². The van der Waals surface area contributed by atoms with Crippen molar-refractivity contribution in [3.8, 4) is 5.69 Å². The van der Waals surface area contributed by atoms with Gasteiger partial charge in [0.15, 0.2) is 5.11 Å². The van der Waals surface area contributed by atoms with Crippen molar-refractivity contribution in [3.63, 3.8) is 0 Å². The van der Waals surface area contributed by atoms with Crippen LogP contribution in [0.5, 0.6) is 0 Å². The Morgan fingerprint density at radius 3 is 2.46 bits per heavy atom. The molecule has 1 aliphatic rings. The summed E-state index contributed by atoms with van der Waals surface area (Å²) in [5.41, 5.74) is 6.52. The quantitative estimate of drug-likeness (QED) is 0.685. The minimum Gasteiger partial charge on any atom is -0.346 e.